The summed E-state index contributed by atoms with van der Waals surface area (Å²) in [6.45, 7) is 13.3. The van der Waals surface area contributed by atoms with Crippen LogP contribution < -0.4 is 26.0 Å². The van der Waals surface area contributed by atoms with E-state index in [1.807, 2.05) is 30.3 Å². The maximum atomic E-state index is 17.0. The number of anilines is 6. The highest BCUT2D eigenvalue weighted by Crippen LogP contribution is 2.60. The number of fused-ring (bicyclic) bond motifs is 8. The van der Waals surface area contributed by atoms with E-state index in [-0.39, 0.29) is 10.8 Å². The number of aromatic nitrogens is 4. The molecule has 7 aromatic carbocycles. The van der Waals surface area contributed by atoms with E-state index in [1.165, 1.54) is 11.1 Å². The Balaban J connectivity index is 1.26. The van der Waals surface area contributed by atoms with Crippen molar-refractivity contribution in [1.29, 1.82) is 0 Å². The maximum Gasteiger partial charge on any atom is 0.217 e. The molecule has 4 heterocycles. The summed E-state index contributed by atoms with van der Waals surface area (Å²) < 4.78 is 17.0. The number of hydrogen-bond acceptors (Lipinski definition) is 7. The summed E-state index contributed by atoms with van der Waals surface area (Å²) in [7, 11) is -3.86. The summed E-state index contributed by atoms with van der Waals surface area (Å²) in [5, 5.41) is 4.90. The third kappa shape index (κ3) is 5.09. The second-order valence-electron chi connectivity index (χ2n) is 17.6. The summed E-state index contributed by atoms with van der Waals surface area (Å²) in [6, 6.07) is 48.2. The molecule has 0 amide bonds. The smallest absolute Gasteiger partial charge is 0.217 e. The molecular weight excluding hydrogens is 732 g/mol. The molecule has 2 aliphatic heterocycles. The highest BCUT2D eigenvalue weighted by Gasteiger charge is 2.52. The molecule has 0 N–H and O–H groups in total. The molecule has 0 saturated heterocycles. The van der Waals surface area contributed by atoms with E-state index in [0.717, 1.165) is 55.3 Å². The first-order chi connectivity index (χ1) is 27.9. The Kier molecular flexibility index (Phi) is 7.22. The quantitative estimate of drug-likeness (QED) is 0.128. The summed E-state index contributed by atoms with van der Waals surface area (Å²) in [4.78, 5) is 25.9. The molecule has 2 aliphatic rings. The van der Waals surface area contributed by atoms with E-state index in [9.17, 15) is 0 Å². The Bertz CT molecular complexity index is 3030. The van der Waals surface area contributed by atoms with Crippen molar-refractivity contribution in [1.82, 2.24) is 19.9 Å². The van der Waals surface area contributed by atoms with Crippen LogP contribution in [0.25, 0.3) is 43.6 Å². The minimum absolute atomic E-state index is 0.0312. The highest BCUT2D eigenvalue weighted by atomic mass is 31.2. The summed E-state index contributed by atoms with van der Waals surface area (Å²) >= 11 is 0. The van der Waals surface area contributed by atoms with E-state index >= 15 is 4.57 Å². The number of benzene rings is 7. The molecule has 0 fully saturated rings. The molecule has 11 rings (SSSR count). The molecular formula is C50H41N6OP. The lowest BCUT2D eigenvalue weighted by molar-refractivity contribution is 0.590. The van der Waals surface area contributed by atoms with Crippen molar-refractivity contribution in [2.45, 2.75) is 52.4 Å². The Labute approximate surface area is 337 Å². The Morgan fingerprint density at radius 3 is 1.12 bits per heavy atom. The van der Waals surface area contributed by atoms with Crippen molar-refractivity contribution in [2.24, 2.45) is 0 Å². The second kappa shape index (κ2) is 12.0. The van der Waals surface area contributed by atoms with Crippen molar-refractivity contribution in [2.75, 3.05) is 9.80 Å². The van der Waals surface area contributed by atoms with Crippen LogP contribution >= 0.6 is 7.14 Å². The number of hydrogen-bond donors (Lipinski definition) is 0. The molecule has 0 aliphatic carbocycles. The van der Waals surface area contributed by atoms with E-state index in [0.29, 0.717) is 38.8 Å². The minimum atomic E-state index is -3.86. The fourth-order valence-corrected chi connectivity index (χ4v) is 11.6. The van der Waals surface area contributed by atoms with Gasteiger partial charge < -0.3 is 4.57 Å². The zero-order valence-electron chi connectivity index (χ0n) is 33.3. The van der Waals surface area contributed by atoms with Gasteiger partial charge in [-0.25, -0.2) is 19.9 Å². The van der Waals surface area contributed by atoms with Crippen LogP contribution in [0.5, 0.6) is 0 Å². The van der Waals surface area contributed by atoms with Gasteiger partial charge in [0.25, 0.3) is 0 Å². The first-order valence-corrected chi connectivity index (χ1v) is 21.5. The lowest BCUT2D eigenvalue weighted by Crippen LogP contribution is -2.45. The van der Waals surface area contributed by atoms with Gasteiger partial charge in [0.2, 0.25) is 7.14 Å². The molecule has 58 heavy (non-hydrogen) atoms. The first kappa shape index (κ1) is 34.8. The fourth-order valence-electron chi connectivity index (χ4n) is 8.66. The van der Waals surface area contributed by atoms with Crippen LogP contribution in [0, 0.1) is 0 Å². The van der Waals surface area contributed by atoms with Gasteiger partial charge >= 0.3 is 0 Å². The normalized spacial score (nSPS) is 14.5. The van der Waals surface area contributed by atoms with Gasteiger partial charge in [0.05, 0.1) is 38.7 Å². The lowest BCUT2D eigenvalue weighted by Gasteiger charge is -2.42. The van der Waals surface area contributed by atoms with Gasteiger partial charge in [0.1, 0.15) is 0 Å². The molecule has 0 saturated carbocycles. The van der Waals surface area contributed by atoms with Gasteiger partial charge in [-0.1, -0.05) is 120 Å². The summed E-state index contributed by atoms with van der Waals surface area (Å²) in [5.74, 6) is 1.07. The average Bonchev–Trinajstić information content (AvgIpc) is 3.21. The van der Waals surface area contributed by atoms with Crippen molar-refractivity contribution in [3.8, 4) is 0 Å². The van der Waals surface area contributed by atoms with Gasteiger partial charge in [0.15, 0.2) is 22.5 Å². The molecule has 0 bridgehead atoms. The van der Waals surface area contributed by atoms with Crippen molar-refractivity contribution >= 4 is 101 Å². The van der Waals surface area contributed by atoms with Crippen molar-refractivity contribution in [3.63, 3.8) is 0 Å². The van der Waals surface area contributed by atoms with E-state index < -0.39 is 7.14 Å². The third-order valence-corrected chi connectivity index (χ3v) is 14.7. The Morgan fingerprint density at radius 1 is 0.431 bits per heavy atom. The van der Waals surface area contributed by atoms with Crippen LogP contribution in [-0.2, 0) is 15.4 Å². The standard InChI is InChI=1S/C50H41N6OP/c1-49(2,3)34-18-22-36(23-19-34)55-42-16-11-17-43-44(42)58(57,47-45(55)51-38-26-30-12-7-9-14-32(30)28-40(38)53-47)48-46(56(43)37-24-20-35(21-25-37)50(4,5)6)52-39-27-31-13-8-10-15-33(31)29-41(39)54-48/h7-29H,1-6H3. The summed E-state index contributed by atoms with van der Waals surface area (Å²) in [5.41, 5.74) is 9.41. The van der Waals surface area contributed by atoms with Gasteiger partial charge in [-0.3, -0.25) is 9.80 Å². The Hall–Kier alpha value is -6.43. The van der Waals surface area contributed by atoms with Crippen LogP contribution in [0.4, 0.5) is 34.4 Å². The molecule has 9 aromatic rings. The minimum Gasteiger partial charge on any atom is -0.305 e. The molecule has 2 aromatic heterocycles. The van der Waals surface area contributed by atoms with Crippen LogP contribution in [-0.4, -0.2) is 19.9 Å². The fraction of sp³-hybridized carbons (Fsp3) is 0.160. The molecule has 0 unspecified atom stereocenters. The van der Waals surface area contributed by atoms with E-state index in [1.54, 1.807) is 0 Å². The molecule has 8 heteroatoms. The Morgan fingerprint density at radius 2 is 0.776 bits per heavy atom. The second-order valence-corrected chi connectivity index (χ2v) is 20.1. The highest BCUT2D eigenvalue weighted by molar-refractivity contribution is 7.86. The first-order valence-electron chi connectivity index (χ1n) is 19.8. The van der Waals surface area contributed by atoms with Gasteiger partial charge in [-0.05, 0) is 104 Å². The predicted octanol–water partition coefficient (Wildman–Crippen LogP) is 11.7. The van der Waals surface area contributed by atoms with Crippen LogP contribution in [0.1, 0.15) is 52.7 Å². The zero-order chi connectivity index (χ0) is 39.7. The molecule has 7 nitrogen and oxygen atoms in total. The predicted molar refractivity (Wildman–Crippen MR) is 241 cm³/mol. The van der Waals surface area contributed by atoms with Crippen LogP contribution in [0.15, 0.2) is 140 Å². The molecule has 0 atom stereocenters. The van der Waals surface area contributed by atoms with Crippen molar-refractivity contribution < 1.29 is 4.57 Å². The van der Waals surface area contributed by atoms with Gasteiger partial charge in [-0.2, -0.15) is 0 Å². The average molecular weight is 773 g/mol. The maximum absolute atomic E-state index is 17.0. The SMILES string of the molecule is CC(C)(C)c1ccc(N2c3cccc4c3P(=O)(c3nc5cc6ccccc6cc5nc32)c2nc3cc5ccccc5cc3nc2N4c2ccc(C(C)(C)C)cc2)cc1. The van der Waals surface area contributed by atoms with Crippen LogP contribution in [0.3, 0.4) is 0 Å². The molecule has 0 radical (unpaired) electrons. The van der Waals surface area contributed by atoms with E-state index in [2.05, 4.69) is 161 Å². The lowest BCUT2D eigenvalue weighted by atomic mass is 9.87. The number of rotatable bonds is 2. The monoisotopic (exact) mass is 772 g/mol. The summed E-state index contributed by atoms with van der Waals surface area (Å²) in [6.07, 6.45) is 0. The molecule has 0 spiro atoms. The van der Waals surface area contributed by atoms with Crippen molar-refractivity contribution in [3.05, 3.63) is 151 Å². The zero-order valence-corrected chi connectivity index (χ0v) is 34.2. The van der Waals surface area contributed by atoms with Crippen LogP contribution in [0.2, 0.25) is 0 Å². The van der Waals surface area contributed by atoms with Gasteiger partial charge in [0, 0.05) is 11.4 Å². The van der Waals surface area contributed by atoms with Gasteiger partial charge in [-0.15, -0.1) is 0 Å². The number of nitrogens with zero attached hydrogens (tertiary/aromatic N) is 6. The molecule has 282 valence electrons. The third-order valence-electron chi connectivity index (χ3n) is 11.8. The largest absolute Gasteiger partial charge is 0.305 e. The van der Waals surface area contributed by atoms with E-state index in [4.69, 9.17) is 19.9 Å². The topological polar surface area (TPSA) is 75.1 Å².